The number of carbonyl (C=O) groups excluding carboxylic acids is 1. The van der Waals surface area contributed by atoms with Gasteiger partial charge in [-0.1, -0.05) is 0 Å². The first-order valence-corrected chi connectivity index (χ1v) is 8.44. The Morgan fingerprint density at radius 3 is 2.50 bits per heavy atom. The van der Waals surface area contributed by atoms with Gasteiger partial charge in [0.1, 0.15) is 6.04 Å². The Morgan fingerprint density at radius 1 is 1.29 bits per heavy atom. The van der Waals surface area contributed by atoms with Crippen molar-refractivity contribution in [3.05, 3.63) is 28.2 Å². The van der Waals surface area contributed by atoms with Crippen LogP contribution in [0.4, 0.5) is 0 Å². The molecule has 0 spiro atoms. The van der Waals surface area contributed by atoms with Crippen LogP contribution in [0.1, 0.15) is 52.8 Å². The number of pyridine rings is 1. The average Bonchev–Trinajstić information content (AvgIpc) is 2.98. The van der Waals surface area contributed by atoms with Gasteiger partial charge in [-0.05, 0) is 59.0 Å². The van der Waals surface area contributed by atoms with Gasteiger partial charge in [0.2, 0.25) is 0 Å². The number of fused-ring (bicyclic) bond motifs is 1. The molecule has 130 valence electrons. The molecule has 0 aromatic carbocycles. The van der Waals surface area contributed by atoms with E-state index in [2.05, 4.69) is 0 Å². The zero-order valence-corrected chi connectivity index (χ0v) is 14.9. The molecule has 7 heteroatoms. The zero-order valence-electron chi connectivity index (χ0n) is 14.9. The quantitative estimate of drug-likeness (QED) is 0.614. The van der Waals surface area contributed by atoms with Gasteiger partial charge in [0.15, 0.2) is 0 Å². The van der Waals surface area contributed by atoms with E-state index in [0.717, 1.165) is 5.69 Å². The molecule has 0 N–H and O–H groups in total. The molecule has 0 unspecified atom stereocenters. The predicted octanol–water partition coefficient (Wildman–Crippen LogP) is 1.20. The fourth-order valence-electron chi connectivity index (χ4n) is 3.19. The molecule has 1 saturated heterocycles. The maximum Gasteiger partial charge on any atom is 0.495 e. The second kappa shape index (κ2) is 5.74. The molecule has 0 aliphatic carbocycles. The molecule has 0 bridgehead atoms. The summed E-state index contributed by atoms with van der Waals surface area (Å²) in [4.78, 5) is 24.6. The molecule has 0 amide bonds. The van der Waals surface area contributed by atoms with Gasteiger partial charge in [-0.25, -0.2) is 4.79 Å². The van der Waals surface area contributed by atoms with E-state index < -0.39 is 24.4 Å². The lowest BCUT2D eigenvalue weighted by atomic mass is 9.79. The van der Waals surface area contributed by atoms with Crippen molar-refractivity contribution in [1.29, 1.82) is 0 Å². The second-order valence-corrected chi connectivity index (χ2v) is 7.38. The summed E-state index contributed by atoms with van der Waals surface area (Å²) in [7, 11) is -0.574. The molecule has 1 aromatic heterocycles. The Bertz CT molecular complexity index is 708. The summed E-state index contributed by atoms with van der Waals surface area (Å²) >= 11 is 0. The van der Waals surface area contributed by atoms with Crippen LogP contribution in [0.5, 0.6) is 0 Å². The topological polar surface area (TPSA) is 66.8 Å². The molecule has 3 rings (SSSR count). The lowest BCUT2D eigenvalue weighted by Crippen LogP contribution is -2.41. The highest BCUT2D eigenvalue weighted by molar-refractivity contribution is 6.62. The number of hydrogen-bond donors (Lipinski definition) is 0. The Hall–Kier alpha value is -1.60. The number of rotatable bonds is 3. The highest BCUT2D eigenvalue weighted by atomic mass is 16.7. The third-order valence-electron chi connectivity index (χ3n) is 5.24. The van der Waals surface area contributed by atoms with Crippen LogP contribution in [0.2, 0.25) is 0 Å². The number of aryl methyl sites for hydroxylation is 1. The molecular weight excluding hydrogens is 309 g/mol. The summed E-state index contributed by atoms with van der Waals surface area (Å²) in [6.07, 6.45) is 1.24. The van der Waals surface area contributed by atoms with Crippen LogP contribution in [0.15, 0.2) is 16.9 Å². The van der Waals surface area contributed by atoms with E-state index in [1.54, 1.807) is 6.92 Å². The largest absolute Gasteiger partial charge is 0.495 e. The van der Waals surface area contributed by atoms with Gasteiger partial charge in [-0.15, -0.1) is 0 Å². The zero-order chi connectivity index (χ0) is 17.7. The van der Waals surface area contributed by atoms with Gasteiger partial charge < -0.3 is 14.0 Å². The van der Waals surface area contributed by atoms with Crippen LogP contribution in [-0.4, -0.2) is 35.5 Å². The minimum absolute atomic E-state index is 0.215. The van der Waals surface area contributed by atoms with Gasteiger partial charge >= 0.3 is 13.1 Å². The molecular formula is C17H24BNO5. The van der Waals surface area contributed by atoms with Crippen molar-refractivity contribution in [2.75, 3.05) is 6.61 Å². The van der Waals surface area contributed by atoms with Crippen molar-refractivity contribution in [2.45, 2.75) is 64.7 Å². The normalized spacial score (nSPS) is 24.0. The smallest absolute Gasteiger partial charge is 0.464 e. The van der Waals surface area contributed by atoms with E-state index >= 15 is 0 Å². The van der Waals surface area contributed by atoms with E-state index in [1.165, 1.54) is 10.6 Å². The fraction of sp³-hybridized carbons (Fsp3) is 0.647. The average molecular weight is 333 g/mol. The molecule has 1 atom stereocenters. The van der Waals surface area contributed by atoms with E-state index in [9.17, 15) is 9.59 Å². The molecule has 0 radical (unpaired) electrons. The van der Waals surface area contributed by atoms with Crippen LogP contribution in [0, 0.1) is 0 Å². The standard InChI is InChI=1S/C17H24BNO5/c1-6-22-15(21)13-8-7-12-9-11(10-14(20)19(12)13)18-23-16(2,3)17(4,5)24-18/h9-10,13H,6-8H2,1-5H3/t13-/m0/s1. The third kappa shape index (κ3) is 2.69. The van der Waals surface area contributed by atoms with Gasteiger partial charge in [-0.2, -0.15) is 0 Å². The summed E-state index contributed by atoms with van der Waals surface area (Å²) < 4.78 is 18.6. The predicted molar refractivity (Wildman–Crippen MR) is 90.4 cm³/mol. The Balaban J connectivity index is 1.92. The Morgan fingerprint density at radius 2 is 1.92 bits per heavy atom. The summed E-state index contributed by atoms with van der Waals surface area (Å²) in [5, 5.41) is 0. The van der Waals surface area contributed by atoms with Crippen LogP contribution in [0.25, 0.3) is 0 Å². The number of ether oxygens (including phenoxy) is 1. The summed E-state index contributed by atoms with van der Waals surface area (Å²) in [5.74, 6) is -0.346. The number of carbonyl (C=O) groups is 1. The summed E-state index contributed by atoms with van der Waals surface area (Å²) in [6, 6.07) is 2.88. The molecule has 24 heavy (non-hydrogen) atoms. The molecule has 0 saturated carbocycles. The van der Waals surface area contributed by atoms with E-state index in [-0.39, 0.29) is 11.5 Å². The number of nitrogens with zero attached hydrogens (tertiary/aromatic N) is 1. The van der Waals surface area contributed by atoms with E-state index in [4.69, 9.17) is 14.0 Å². The fourth-order valence-corrected chi connectivity index (χ4v) is 3.19. The molecule has 2 aliphatic heterocycles. The van der Waals surface area contributed by atoms with Gasteiger partial charge in [0.25, 0.3) is 5.56 Å². The minimum atomic E-state index is -0.574. The van der Waals surface area contributed by atoms with Gasteiger partial charge in [-0.3, -0.25) is 9.36 Å². The molecule has 3 heterocycles. The SMILES string of the molecule is CCOC(=O)[C@@H]1CCc2cc(B3OC(C)(C)C(C)(C)O3)cc(=O)n21. The van der Waals surface area contributed by atoms with Gasteiger partial charge in [0, 0.05) is 11.8 Å². The monoisotopic (exact) mass is 333 g/mol. The molecule has 1 fully saturated rings. The van der Waals surface area contributed by atoms with Crippen molar-refractivity contribution in [3.8, 4) is 0 Å². The first-order valence-electron chi connectivity index (χ1n) is 8.44. The second-order valence-electron chi connectivity index (χ2n) is 7.38. The first-order chi connectivity index (χ1) is 11.2. The number of hydrogen-bond acceptors (Lipinski definition) is 5. The molecule has 6 nitrogen and oxygen atoms in total. The summed E-state index contributed by atoms with van der Waals surface area (Å²) in [5.41, 5.74) is 0.396. The van der Waals surface area contributed by atoms with Crippen molar-refractivity contribution < 1.29 is 18.8 Å². The van der Waals surface area contributed by atoms with E-state index in [1.807, 2.05) is 33.8 Å². The maximum absolute atomic E-state index is 12.6. The minimum Gasteiger partial charge on any atom is -0.464 e. The van der Waals surface area contributed by atoms with Crippen LogP contribution in [-0.2, 0) is 25.3 Å². The number of aromatic nitrogens is 1. The van der Waals surface area contributed by atoms with Crippen molar-refractivity contribution in [3.63, 3.8) is 0 Å². The van der Waals surface area contributed by atoms with Crippen LogP contribution < -0.4 is 11.0 Å². The van der Waals surface area contributed by atoms with Crippen LogP contribution >= 0.6 is 0 Å². The lowest BCUT2D eigenvalue weighted by molar-refractivity contribution is -0.147. The Labute approximate surface area is 142 Å². The first kappa shape index (κ1) is 17.2. The molecule has 2 aliphatic rings. The van der Waals surface area contributed by atoms with Crippen molar-refractivity contribution in [1.82, 2.24) is 4.57 Å². The molecule has 1 aromatic rings. The lowest BCUT2D eigenvalue weighted by Gasteiger charge is -2.32. The Kier molecular flexibility index (Phi) is 4.12. The van der Waals surface area contributed by atoms with Crippen LogP contribution in [0.3, 0.4) is 0 Å². The maximum atomic E-state index is 12.6. The third-order valence-corrected chi connectivity index (χ3v) is 5.24. The summed E-state index contributed by atoms with van der Waals surface area (Å²) in [6.45, 7) is 9.98. The van der Waals surface area contributed by atoms with Crippen molar-refractivity contribution >= 4 is 18.6 Å². The van der Waals surface area contributed by atoms with E-state index in [0.29, 0.717) is 24.9 Å². The highest BCUT2D eigenvalue weighted by Crippen LogP contribution is 2.36. The number of esters is 1. The van der Waals surface area contributed by atoms with Gasteiger partial charge in [0.05, 0.1) is 17.8 Å². The van der Waals surface area contributed by atoms with Crippen molar-refractivity contribution in [2.24, 2.45) is 0 Å². The highest BCUT2D eigenvalue weighted by Gasteiger charge is 2.52.